The van der Waals surface area contributed by atoms with E-state index in [1.807, 2.05) is 25.1 Å². The number of hydrogen-bond acceptors (Lipinski definition) is 1. The van der Waals surface area contributed by atoms with Crippen molar-refractivity contribution in [3.05, 3.63) is 42.5 Å². The summed E-state index contributed by atoms with van der Waals surface area (Å²) >= 11 is 0.348. The first-order chi connectivity index (χ1) is 7.18. The molecule has 1 aromatic rings. The Labute approximate surface area is 101 Å². The summed E-state index contributed by atoms with van der Waals surface area (Å²) in [5.74, 6) is 0.768. The predicted octanol–water partition coefficient (Wildman–Crippen LogP) is 1.69. The molecule has 0 spiro atoms. The molecule has 0 aromatic heterocycles. The minimum atomic E-state index is -0.674. The fraction of sp³-hybridized carbons (Fsp3) is 0.333. The number of benzene rings is 1. The van der Waals surface area contributed by atoms with E-state index in [2.05, 4.69) is 18.7 Å². The fourth-order valence-corrected chi connectivity index (χ4v) is 5.12. The second-order valence-electron chi connectivity index (χ2n) is 3.43. The Morgan fingerprint density at radius 2 is 2.07 bits per heavy atom. The standard InChI is InChI=1S/C12H16OSSe/c1-11(2)8-9-14(13)10-15-12-6-4-3-5-7-12/h3-7H,1,8-10H2,2H3. The summed E-state index contributed by atoms with van der Waals surface area (Å²) in [7, 11) is -0.674. The minimum absolute atomic E-state index is 0.348. The third kappa shape index (κ3) is 5.93. The van der Waals surface area contributed by atoms with Crippen molar-refractivity contribution in [1.29, 1.82) is 0 Å². The van der Waals surface area contributed by atoms with Gasteiger partial charge in [0.2, 0.25) is 0 Å². The Morgan fingerprint density at radius 1 is 1.40 bits per heavy atom. The van der Waals surface area contributed by atoms with Gasteiger partial charge in [-0.15, -0.1) is 0 Å². The Morgan fingerprint density at radius 3 is 2.67 bits per heavy atom. The van der Waals surface area contributed by atoms with E-state index < -0.39 is 10.8 Å². The quantitative estimate of drug-likeness (QED) is 0.575. The van der Waals surface area contributed by atoms with Gasteiger partial charge in [-0.3, -0.25) is 0 Å². The predicted molar refractivity (Wildman–Crippen MR) is 69.1 cm³/mol. The van der Waals surface area contributed by atoms with Crippen LogP contribution in [0.15, 0.2) is 42.5 Å². The molecule has 0 N–H and O–H groups in total. The Balaban J connectivity index is 2.26. The Kier molecular flexibility index (Phi) is 5.92. The van der Waals surface area contributed by atoms with Crippen molar-refractivity contribution >= 4 is 30.2 Å². The van der Waals surface area contributed by atoms with Gasteiger partial charge < -0.3 is 0 Å². The summed E-state index contributed by atoms with van der Waals surface area (Å²) in [4.78, 5) is 0. The monoisotopic (exact) mass is 288 g/mol. The molecule has 0 bridgehead atoms. The topological polar surface area (TPSA) is 17.1 Å². The molecular formula is C12H16OSSe. The van der Waals surface area contributed by atoms with Gasteiger partial charge in [-0.25, -0.2) is 0 Å². The normalized spacial score (nSPS) is 12.3. The van der Waals surface area contributed by atoms with Crippen LogP contribution in [0.2, 0.25) is 0 Å². The van der Waals surface area contributed by atoms with Crippen molar-refractivity contribution in [3.8, 4) is 0 Å². The van der Waals surface area contributed by atoms with Gasteiger partial charge in [0.05, 0.1) is 0 Å². The zero-order valence-corrected chi connectivity index (χ0v) is 11.5. The van der Waals surface area contributed by atoms with Crippen LogP contribution < -0.4 is 4.46 Å². The van der Waals surface area contributed by atoms with Gasteiger partial charge in [0.25, 0.3) is 0 Å². The van der Waals surface area contributed by atoms with Crippen molar-refractivity contribution in [2.45, 2.75) is 13.3 Å². The number of hydrogen-bond donors (Lipinski definition) is 0. The first kappa shape index (κ1) is 12.7. The van der Waals surface area contributed by atoms with Crippen molar-refractivity contribution in [3.63, 3.8) is 0 Å². The summed E-state index contributed by atoms with van der Waals surface area (Å²) in [6.45, 7) is 5.80. The Bertz CT molecular complexity index is 335. The van der Waals surface area contributed by atoms with E-state index >= 15 is 0 Å². The molecule has 1 aromatic carbocycles. The maximum absolute atomic E-state index is 11.6. The molecule has 0 aliphatic rings. The van der Waals surface area contributed by atoms with Crippen LogP contribution in [-0.2, 0) is 10.8 Å². The summed E-state index contributed by atoms with van der Waals surface area (Å²) in [6.07, 6.45) is 0.886. The summed E-state index contributed by atoms with van der Waals surface area (Å²) < 4.78 is 13.8. The van der Waals surface area contributed by atoms with Gasteiger partial charge in [-0.05, 0) is 0 Å². The zero-order valence-electron chi connectivity index (χ0n) is 8.94. The van der Waals surface area contributed by atoms with E-state index in [0.717, 1.165) is 22.4 Å². The van der Waals surface area contributed by atoms with E-state index in [9.17, 15) is 4.21 Å². The summed E-state index contributed by atoms with van der Waals surface area (Å²) in [5.41, 5.74) is 1.12. The van der Waals surface area contributed by atoms with Gasteiger partial charge >= 0.3 is 101 Å². The molecule has 1 rings (SSSR count). The molecular weight excluding hydrogens is 271 g/mol. The second-order valence-corrected chi connectivity index (χ2v) is 8.03. The molecule has 1 unspecified atom stereocenters. The molecule has 0 aliphatic carbocycles. The van der Waals surface area contributed by atoms with Crippen molar-refractivity contribution in [2.24, 2.45) is 0 Å². The molecule has 0 aliphatic heterocycles. The molecule has 1 atom stereocenters. The summed E-state index contributed by atoms with van der Waals surface area (Å²) in [6, 6.07) is 10.3. The molecule has 1 nitrogen and oxygen atoms in total. The molecule has 0 amide bonds. The summed E-state index contributed by atoms with van der Waals surface area (Å²) in [5, 5.41) is 0. The van der Waals surface area contributed by atoms with E-state index in [4.69, 9.17) is 0 Å². The van der Waals surface area contributed by atoms with Crippen molar-refractivity contribution < 1.29 is 4.21 Å². The zero-order chi connectivity index (χ0) is 11.1. The second kappa shape index (κ2) is 6.99. The van der Waals surface area contributed by atoms with Gasteiger partial charge in [0.1, 0.15) is 0 Å². The third-order valence-corrected chi connectivity index (χ3v) is 6.56. The third-order valence-electron chi connectivity index (χ3n) is 1.86. The van der Waals surface area contributed by atoms with Crippen molar-refractivity contribution in [2.75, 3.05) is 10.4 Å². The average molecular weight is 287 g/mol. The van der Waals surface area contributed by atoms with Gasteiger partial charge in [-0.2, -0.15) is 0 Å². The Hall–Kier alpha value is -0.371. The van der Waals surface area contributed by atoms with Crippen LogP contribution in [0.1, 0.15) is 13.3 Å². The van der Waals surface area contributed by atoms with Gasteiger partial charge in [-0.1, -0.05) is 0 Å². The van der Waals surface area contributed by atoms with E-state index in [1.165, 1.54) is 4.46 Å². The van der Waals surface area contributed by atoms with E-state index in [0.29, 0.717) is 15.0 Å². The molecule has 0 fully saturated rings. The van der Waals surface area contributed by atoms with Crippen LogP contribution in [0.5, 0.6) is 0 Å². The van der Waals surface area contributed by atoms with Crippen LogP contribution in [0.4, 0.5) is 0 Å². The first-order valence-electron chi connectivity index (χ1n) is 4.85. The average Bonchev–Trinajstić information content (AvgIpc) is 2.25. The fourth-order valence-electron chi connectivity index (χ4n) is 0.997. The number of allylic oxidation sites excluding steroid dienone is 1. The van der Waals surface area contributed by atoms with Crippen LogP contribution in [0, 0.1) is 0 Å². The molecule has 0 saturated carbocycles. The molecule has 0 saturated heterocycles. The van der Waals surface area contributed by atoms with E-state index in [-0.39, 0.29) is 0 Å². The van der Waals surface area contributed by atoms with Crippen LogP contribution in [0.3, 0.4) is 0 Å². The van der Waals surface area contributed by atoms with E-state index in [1.54, 1.807) is 0 Å². The van der Waals surface area contributed by atoms with Crippen molar-refractivity contribution in [1.82, 2.24) is 0 Å². The molecule has 82 valence electrons. The molecule has 0 radical (unpaired) electrons. The van der Waals surface area contributed by atoms with Crippen LogP contribution in [0.25, 0.3) is 0 Å². The molecule has 0 heterocycles. The number of rotatable bonds is 6. The van der Waals surface area contributed by atoms with Gasteiger partial charge in [0, 0.05) is 0 Å². The molecule has 15 heavy (non-hydrogen) atoms. The first-order valence-corrected chi connectivity index (χ1v) is 8.41. The maximum atomic E-state index is 11.6. The SMILES string of the molecule is C=C(C)CCS(=O)C[Se]c1ccccc1. The molecule has 3 heteroatoms. The van der Waals surface area contributed by atoms with Crippen LogP contribution >= 0.6 is 0 Å². The van der Waals surface area contributed by atoms with Crippen LogP contribution in [-0.4, -0.2) is 29.6 Å². The van der Waals surface area contributed by atoms with Gasteiger partial charge in [0.15, 0.2) is 0 Å².